The number of hydrogen-bond acceptors (Lipinski definition) is 4. The van der Waals surface area contributed by atoms with Gasteiger partial charge in [0.15, 0.2) is 0 Å². The molecule has 178 valence electrons. The fourth-order valence-corrected chi connectivity index (χ4v) is 5.79. The summed E-state index contributed by atoms with van der Waals surface area (Å²) in [6.45, 7) is 17.4. The van der Waals surface area contributed by atoms with Crippen molar-refractivity contribution in [3.8, 4) is 12.1 Å². The first kappa shape index (κ1) is 24.2. The summed E-state index contributed by atoms with van der Waals surface area (Å²) in [5.41, 5.74) is 5.23. The SMILES string of the molecule is C=Cc1cc2c3c(c1)C(C)(C)C(C1=CC(C(C#N)C#N)C=C(CCCC)O1)CN3CCC2(C)C. The molecule has 0 saturated carbocycles. The molecule has 0 spiro atoms. The summed E-state index contributed by atoms with van der Waals surface area (Å²) in [6, 6.07) is 9.00. The van der Waals surface area contributed by atoms with E-state index in [2.05, 4.69) is 76.4 Å². The van der Waals surface area contributed by atoms with E-state index in [0.29, 0.717) is 0 Å². The Kier molecular flexibility index (Phi) is 6.39. The Morgan fingerprint density at radius 3 is 2.53 bits per heavy atom. The second kappa shape index (κ2) is 8.99. The number of hydrogen-bond donors (Lipinski definition) is 0. The summed E-state index contributed by atoms with van der Waals surface area (Å²) in [5.74, 6) is 1.00. The smallest absolute Gasteiger partial charge is 0.143 e. The summed E-state index contributed by atoms with van der Waals surface area (Å²) in [7, 11) is 0. The third-order valence-corrected chi connectivity index (χ3v) is 8.16. The monoisotopic (exact) mass is 455 g/mol. The van der Waals surface area contributed by atoms with E-state index in [1.807, 2.05) is 12.2 Å². The highest BCUT2D eigenvalue weighted by atomic mass is 16.5. The predicted molar refractivity (Wildman–Crippen MR) is 138 cm³/mol. The molecule has 0 bridgehead atoms. The maximum absolute atomic E-state index is 9.61. The minimum absolute atomic E-state index is 0.122. The lowest BCUT2D eigenvalue weighted by Gasteiger charge is -2.52. The Bertz CT molecular complexity index is 1110. The number of ether oxygens (including phenoxy) is 1. The molecule has 0 saturated heterocycles. The van der Waals surface area contributed by atoms with Crippen LogP contribution >= 0.6 is 0 Å². The Balaban J connectivity index is 1.81. The molecule has 0 aromatic heterocycles. The zero-order valence-corrected chi connectivity index (χ0v) is 21.3. The lowest BCUT2D eigenvalue weighted by Crippen LogP contribution is -2.50. The summed E-state index contributed by atoms with van der Waals surface area (Å²) in [5, 5.41) is 19.2. The molecule has 0 N–H and O–H groups in total. The standard InChI is InChI=1S/C30H37N3O/c1-7-9-10-23-15-21(22(17-31)18-32)16-27(34-23)26-19-33-12-11-29(3,4)24-13-20(8-2)14-25(28(24)33)30(26,5)6/h8,13-16,21-22,26H,2,7,9-12,19H2,1,3-6H3. The molecule has 34 heavy (non-hydrogen) atoms. The van der Waals surface area contributed by atoms with Crippen LogP contribution in [-0.4, -0.2) is 13.1 Å². The molecule has 0 fully saturated rings. The molecule has 0 amide bonds. The topological polar surface area (TPSA) is 60.1 Å². The van der Waals surface area contributed by atoms with Gasteiger partial charge in [0.2, 0.25) is 0 Å². The first-order chi connectivity index (χ1) is 16.2. The Hall–Kier alpha value is -2.98. The highest BCUT2D eigenvalue weighted by Crippen LogP contribution is 2.53. The van der Waals surface area contributed by atoms with E-state index < -0.39 is 5.92 Å². The molecular formula is C30H37N3O. The van der Waals surface area contributed by atoms with Crippen LogP contribution in [0.3, 0.4) is 0 Å². The molecule has 3 aliphatic rings. The maximum atomic E-state index is 9.61. The van der Waals surface area contributed by atoms with E-state index in [1.165, 1.54) is 16.8 Å². The van der Waals surface area contributed by atoms with Crippen LogP contribution in [0, 0.1) is 40.4 Å². The van der Waals surface area contributed by atoms with Crippen LogP contribution in [0.2, 0.25) is 0 Å². The van der Waals surface area contributed by atoms with Crippen molar-refractivity contribution in [3.05, 3.63) is 59.1 Å². The largest absolute Gasteiger partial charge is 0.466 e. The zero-order chi connectivity index (χ0) is 24.7. The summed E-state index contributed by atoms with van der Waals surface area (Å²) < 4.78 is 6.54. The van der Waals surface area contributed by atoms with Crippen molar-refractivity contribution < 1.29 is 4.74 Å². The summed E-state index contributed by atoms with van der Waals surface area (Å²) in [6.07, 6.45) is 10.0. The summed E-state index contributed by atoms with van der Waals surface area (Å²) >= 11 is 0. The number of rotatable bonds is 6. The van der Waals surface area contributed by atoms with Gasteiger partial charge < -0.3 is 9.64 Å². The fraction of sp³-hybridized carbons (Fsp3) is 0.533. The minimum atomic E-state index is -0.704. The highest BCUT2D eigenvalue weighted by Gasteiger charge is 2.47. The lowest BCUT2D eigenvalue weighted by atomic mass is 9.64. The third kappa shape index (κ3) is 4.05. The third-order valence-electron chi connectivity index (χ3n) is 8.16. The van der Waals surface area contributed by atoms with Crippen LogP contribution in [0.1, 0.15) is 77.0 Å². The van der Waals surface area contributed by atoms with Crippen molar-refractivity contribution in [2.24, 2.45) is 17.8 Å². The second-order valence-corrected chi connectivity index (χ2v) is 11.2. The second-order valence-electron chi connectivity index (χ2n) is 11.2. The predicted octanol–water partition coefficient (Wildman–Crippen LogP) is 6.99. The van der Waals surface area contributed by atoms with Crippen LogP contribution in [0.25, 0.3) is 6.08 Å². The molecule has 4 rings (SSSR count). The normalized spacial score (nSPS) is 24.2. The van der Waals surface area contributed by atoms with Crippen molar-refractivity contribution in [2.75, 3.05) is 18.0 Å². The van der Waals surface area contributed by atoms with Crippen molar-refractivity contribution in [2.45, 2.75) is 71.1 Å². The molecule has 3 aliphatic heterocycles. The van der Waals surface area contributed by atoms with Crippen LogP contribution in [0.15, 0.2) is 42.4 Å². The Morgan fingerprint density at radius 2 is 1.88 bits per heavy atom. The van der Waals surface area contributed by atoms with E-state index in [0.717, 1.165) is 55.9 Å². The number of nitriles is 2. The van der Waals surface area contributed by atoms with E-state index in [1.54, 1.807) is 0 Å². The molecular weight excluding hydrogens is 418 g/mol. The van der Waals surface area contributed by atoms with Gasteiger partial charge in [-0.3, -0.25) is 0 Å². The molecule has 3 heterocycles. The minimum Gasteiger partial charge on any atom is -0.466 e. The zero-order valence-electron chi connectivity index (χ0n) is 21.3. The van der Waals surface area contributed by atoms with E-state index >= 15 is 0 Å². The van der Waals surface area contributed by atoms with Gasteiger partial charge in [-0.15, -0.1) is 0 Å². The van der Waals surface area contributed by atoms with Crippen molar-refractivity contribution >= 4 is 11.8 Å². The van der Waals surface area contributed by atoms with Gasteiger partial charge >= 0.3 is 0 Å². The average molecular weight is 456 g/mol. The van der Waals surface area contributed by atoms with E-state index in [9.17, 15) is 10.5 Å². The van der Waals surface area contributed by atoms with Crippen LogP contribution in [-0.2, 0) is 15.6 Å². The van der Waals surface area contributed by atoms with Crippen molar-refractivity contribution in [3.63, 3.8) is 0 Å². The number of nitrogens with zero attached hydrogens (tertiary/aromatic N) is 3. The average Bonchev–Trinajstić information content (AvgIpc) is 2.81. The molecule has 0 aliphatic carbocycles. The highest BCUT2D eigenvalue weighted by molar-refractivity contribution is 5.72. The van der Waals surface area contributed by atoms with Gasteiger partial charge in [-0.2, -0.15) is 10.5 Å². The first-order valence-corrected chi connectivity index (χ1v) is 12.6. The molecule has 1 aromatic rings. The molecule has 2 atom stereocenters. The van der Waals surface area contributed by atoms with Gasteiger partial charge in [-0.25, -0.2) is 0 Å². The lowest BCUT2D eigenvalue weighted by molar-refractivity contribution is 0.180. The van der Waals surface area contributed by atoms with Gasteiger partial charge in [0.1, 0.15) is 17.4 Å². The first-order valence-electron chi connectivity index (χ1n) is 12.6. The summed E-state index contributed by atoms with van der Waals surface area (Å²) in [4.78, 5) is 2.54. The van der Waals surface area contributed by atoms with Gasteiger partial charge in [0.05, 0.1) is 12.1 Å². The quantitative estimate of drug-likeness (QED) is 0.464. The van der Waals surface area contributed by atoms with Crippen molar-refractivity contribution in [1.82, 2.24) is 0 Å². The van der Waals surface area contributed by atoms with Crippen LogP contribution < -0.4 is 4.90 Å². The Morgan fingerprint density at radius 1 is 1.18 bits per heavy atom. The molecule has 0 radical (unpaired) electrons. The maximum Gasteiger partial charge on any atom is 0.143 e. The van der Waals surface area contributed by atoms with Gasteiger partial charge in [-0.05, 0) is 59.2 Å². The van der Waals surface area contributed by atoms with Crippen LogP contribution in [0.5, 0.6) is 0 Å². The fourth-order valence-electron chi connectivity index (χ4n) is 5.79. The van der Waals surface area contributed by atoms with E-state index in [4.69, 9.17) is 4.74 Å². The molecule has 4 nitrogen and oxygen atoms in total. The molecule has 1 aromatic carbocycles. The van der Waals surface area contributed by atoms with Crippen molar-refractivity contribution in [1.29, 1.82) is 10.5 Å². The van der Waals surface area contributed by atoms with Gasteiger partial charge in [0.25, 0.3) is 0 Å². The van der Waals surface area contributed by atoms with Gasteiger partial charge in [0, 0.05) is 42.4 Å². The van der Waals surface area contributed by atoms with Crippen LogP contribution in [0.4, 0.5) is 5.69 Å². The number of anilines is 1. The number of unbranched alkanes of at least 4 members (excludes halogenated alkanes) is 1. The Labute approximate surface area is 205 Å². The molecule has 4 heteroatoms. The van der Waals surface area contributed by atoms with Gasteiger partial charge in [-0.1, -0.05) is 53.7 Å². The van der Waals surface area contributed by atoms with E-state index in [-0.39, 0.29) is 22.7 Å². The molecule has 2 unspecified atom stereocenters. The number of benzene rings is 1. The number of allylic oxidation sites excluding steroid dienone is 3.